The maximum absolute atomic E-state index is 13.4. The van der Waals surface area contributed by atoms with Gasteiger partial charge >= 0.3 is 22.4 Å². The molecule has 0 bridgehead atoms. The van der Waals surface area contributed by atoms with Crippen LogP contribution in [0.2, 0.25) is 0 Å². The average Bonchev–Trinajstić information content (AvgIpc) is 3.04. The summed E-state index contributed by atoms with van der Waals surface area (Å²) < 4.78 is 0. The van der Waals surface area contributed by atoms with Crippen molar-refractivity contribution in [1.29, 1.82) is 0 Å². The normalized spacial score (nSPS) is 11.9. The number of hydrogen-bond acceptors (Lipinski definition) is 6. The topological polar surface area (TPSA) is 138 Å². The molecule has 0 aliphatic heterocycles. The molecule has 0 amide bonds. The molecule has 0 fully saturated rings. The fourth-order valence-electron chi connectivity index (χ4n) is 4.92. The smallest absolute Gasteiger partial charge is 0.873 e. The number of rotatable bonds is 6. The molecule has 288 valence electrons. The second kappa shape index (κ2) is 19.9. The summed E-state index contributed by atoms with van der Waals surface area (Å²) in [6.07, 6.45) is 0. The molecule has 0 heterocycles. The van der Waals surface area contributed by atoms with Gasteiger partial charge in [0, 0.05) is 0 Å². The summed E-state index contributed by atoms with van der Waals surface area (Å²) in [5.41, 5.74) is 15.1. The molecule has 0 atom stereocenters. The van der Waals surface area contributed by atoms with Gasteiger partial charge in [-0.2, -0.15) is 0 Å². The summed E-state index contributed by atoms with van der Waals surface area (Å²) in [7, 11) is 3.19. The van der Waals surface area contributed by atoms with Gasteiger partial charge in [-0.05, 0) is 72.1 Å². The zero-order valence-electron chi connectivity index (χ0n) is 35.3. The van der Waals surface area contributed by atoms with E-state index in [1.807, 2.05) is 128 Å². The minimum Gasteiger partial charge on any atom is -0.873 e. The Labute approximate surface area is 341 Å². The Bertz CT molecular complexity index is 1690. The molecule has 4 aromatic rings. The summed E-state index contributed by atoms with van der Waals surface area (Å²) in [5, 5.41) is 45.5. The second-order valence-corrected chi connectivity index (χ2v) is 17.3. The standard InChI is InChI=1S/C28H42NO2.2C8H10N3.Ta/c1-25(2,3)17-13-19(27(7,8)9)23(30)21(15-17)29-22-16-18(26(4,5)6)14-20(24(22)31)28(10,11)12;2*1-7-3-5-8(6-4-7)10-11-9-2;/h13-16,30-31H,1-12H3;2*3-6H,1-2H3;/q3*-1;+5/p-2. The second-order valence-electron chi connectivity index (χ2n) is 17.3. The average molecular weight is 900 g/mol. The quantitative estimate of drug-likeness (QED) is 0.141. The summed E-state index contributed by atoms with van der Waals surface area (Å²) >= 11 is 0. The molecule has 0 saturated heterocycles. The molecule has 0 spiro atoms. The van der Waals surface area contributed by atoms with Crippen molar-refractivity contribution in [3.8, 4) is 11.5 Å². The van der Waals surface area contributed by atoms with E-state index >= 15 is 0 Å². The molecule has 0 aliphatic rings. The van der Waals surface area contributed by atoms with Crippen molar-refractivity contribution in [3.63, 3.8) is 0 Å². The van der Waals surface area contributed by atoms with E-state index in [-0.39, 0.29) is 55.5 Å². The molecule has 0 N–H and O–H groups in total. The number of nitrogens with zero attached hydrogens (tertiary/aromatic N) is 7. The van der Waals surface area contributed by atoms with E-state index in [2.05, 4.69) is 73.1 Å². The zero-order chi connectivity index (χ0) is 40.4. The summed E-state index contributed by atoms with van der Waals surface area (Å²) in [4.78, 5) is 0. The monoisotopic (exact) mass is 899 g/mol. The first-order chi connectivity index (χ1) is 24.4. The predicted octanol–water partition coefficient (Wildman–Crippen LogP) is 13.4. The van der Waals surface area contributed by atoms with Crippen LogP contribution in [0.4, 0.5) is 22.7 Å². The van der Waals surface area contributed by atoms with Gasteiger partial charge in [-0.25, -0.2) is 0 Å². The van der Waals surface area contributed by atoms with Crippen molar-refractivity contribution < 1.29 is 32.6 Å². The number of aryl methyl sites for hydroxylation is 2. The van der Waals surface area contributed by atoms with Crippen LogP contribution in [0.15, 0.2) is 93.5 Å². The fraction of sp³-hybridized carbons (Fsp3) is 0.455. The molecule has 0 saturated carbocycles. The summed E-state index contributed by atoms with van der Waals surface area (Å²) in [6, 6.07) is 23.3. The van der Waals surface area contributed by atoms with Crippen LogP contribution >= 0.6 is 0 Å². The summed E-state index contributed by atoms with van der Waals surface area (Å²) in [5.74, 6) is -0.197. The Kier molecular flexibility index (Phi) is 17.7. The Morgan fingerprint density at radius 1 is 0.463 bits per heavy atom. The first-order valence-electron chi connectivity index (χ1n) is 17.9. The van der Waals surface area contributed by atoms with Crippen LogP contribution < -0.4 is 10.2 Å². The molecule has 0 aromatic heterocycles. The van der Waals surface area contributed by atoms with Crippen molar-refractivity contribution in [1.82, 2.24) is 0 Å². The van der Waals surface area contributed by atoms with E-state index < -0.39 is 0 Å². The van der Waals surface area contributed by atoms with Gasteiger partial charge in [-0.1, -0.05) is 178 Å². The Balaban J connectivity index is 0.000000514. The molecule has 9 nitrogen and oxygen atoms in total. The molecule has 0 unspecified atom stereocenters. The van der Waals surface area contributed by atoms with E-state index in [0.29, 0.717) is 11.4 Å². The van der Waals surface area contributed by atoms with Crippen LogP contribution in [0.25, 0.3) is 16.2 Å². The molecule has 0 aliphatic carbocycles. The van der Waals surface area contributed by atoms with Gasteiger partial charge in [0.2, 0.25) is 0 Å². The van der Waals surface area contributed by atoms with Gasteiger partial charge in [0.15, 0.2) is 0 Å². The molecule has 4 aromatic carbocycles. The molecule has 10 heteroatoms. The van der Waals surface area contributed by atoms with Crippen LogP contribution in [-0.2, 0) is 44.0 Å². The van der Waals surface area contributed by atoms with Crippen LogP contribution in [0.5, 0.6) is 11.5 Å². The van der Waals surface area contributed by atoms with Crippen LogP contribution in [0.3, 0.4) is 0 Å². The van der Waals surface area contributed by atoms with E-state index in [0.717, 1.165) is 33.6 Å². The molecular formula is C44H60N7O2Ta. The zero-order valence-corrected chi connectivity index (χ0v) is 38.5. The number of benzene rings is 4. The van der Waals surface area contributed by atoms with Gasteiger partial charge in [0.25, 0.3) is 0 Å². The van der Waals surface area contributed by atoms with Gasteiger partial charge < -0.3 is 36.6 Å². The van der Waals surface area contributed by atoms with E-state index in [4.69, 9.17) is 5.32 Å². The predicted molar refractivity (Wildman–Crippen MR) is 219 cm³/mol. The maximum Gasteiger partial charge on any atom is 5.00 e. The number of hydrogen-bond donors (Lipinski definition) is 0. The van der Waals surface area contributed by atoms with Crippen molar-refractivity contribution in [2.75, 3.05) is 14.1 Å². The fourth-order valence-corrected chi connectivity index (χ4v) is 4.92. The SMILES string of the molecule is CC(C)(C)c1cc([N-]c2cc(C(C)(C)C)cc(C(C)(C)C)c2[O-])c([O-])c(C(C)(C)C)c1.CN=N[N-]c1ccc(C)cc1.CN=N[N-]c1ccc(C)cc1.[Ta+5]. The Morgan fingerprint density at radius 2 is 0.759 bits per heavy atom. The minimum absolute atomic E-state index is 0. The molecule has 54 heavy (non-hydrogen) atoms. The maximum atomic E-state index is 13.4. The van der Waals surface area contributed by atoms with Crippen molar-refractivity contribution in [2.45, 2.75) is 119 Å². The van der Waals surface area contributed by atoms with E-state index in [9.17, 15) is 10.2 Å². The van der Waals surface area contributed by atoms with Crippen LogP contribution in [0.1, 0.15) is 116 Å². The first-order valence-corrected chi connectivity index (χ1v) is 17.9. The molecule has 4 rings (SSSR count). The third kappa shape index (κ3) is 14.9. The van der Waals surface area contributed by atoms with Crippen molar-refractivity contribution >= 4 is 22.7 Å². The van der Waals surface area contributed by atoms with E-state index in [1.54, 1.807) is 14.1 Å². The first kappa shape index (κ1) is 47.8. The third-order valence-corrected chi connectivity index (χ3v) is 8.29. The van der Waals surface area contributed by atoms with Crippen molar-refractivity contribution in [2.24, 2.45) is 20.7 Å². The largest absolute Gasteiger partial charge is 5.00 e. The van der Waals surface area contributed by atoms with Gasteiger partial charge in [-0.15, -0.1) is 22.9 Å². The van der Waals surface area contributed by atoms with Crippen molar-refractivity contribution in [3.05, 3.63) is 122 Å². The Morgan fingerprint density at radius 3 is 1.00 bits per heavy atom. The molecular weight excluding hydrogens is 839 g/mol. The van der Waals surface area contributed by atoms with Crippen LogP contribution in [-0.4, -0.2) is 14.1 Å². The van der Waals surface area contributed by atoms with Crippen LogP contribution in [0, 0.1) is 13.8 Å². The third-order valence-electron chi connectivity index (χ3n) is 8.29. The molecule has 0 radical (unpaired) electrons. The minimum atomic E-state index is -0.313. The van der Waals surface area contributed by atoms with E-state index in [1.165, 1.54) is 11.1 Å². The summed E-state index contributed by atoms with van der Waals surface area (Å²) in [6.45, 7) is 29.0. The van der Waals surface area contributed by atoms with Gasteiger partial charge in [0.1, 0.15) is 0 Å². The Hall–Kier alpha value is -4.18. The van der Waals surface area contributed by atoms with Gasteiger partial charge in [-0.3, -0.25) is 10.4 Å². The van der Waals surface area contributed by atoms with Gasteiger partial charge in [0.05, 0.1) is 0 Å².